The van der Waals surface area contributed by atoms with Gasteiger partial charge in [0.05, 0.1) is 0 Å². The van der Waals surface area contributed by atoms with Crippen molar-refractivity contribution in [3.63, 3.8) is 0 Å². The molecule has 0 aliphatic heterocycles. The molecule has 0 aromatic heterocycles. The zero-order valence-corrected chi connectivity index (χ0v) is 8.37. The van der Waals surface area contributed by atoms with E-state index in [0.29, 0.717) is 0 Å². The van der Waals surface area contributed by atoms with Crippen molar-refractivity contribution in [3.05, 3.63) is 54.6 Å². The summed E-state index contributed by atoms with van der Waals surface area (Å²) >= 11 is 4.19. The van der Waals surface area contributed by atoms with Crippen LogP contribution in [0.4, 0.5) is 0 Å². The van der Waals surface area contributed by atoms with Crippen LogP contribution in [0.15, 0.2) is 53.4 Å². The Bertz CT molecular complexity index is 394. The van der Waals surface area contributed by atoms with Crippen molar-refractivity contribution in [3.8, 4) is 11.5 Å². The van der Waals surface area contributed by atoms with Gasteiger partial charge in [-0.05, 0) is 30.3 Å². The molecule has 0 aliphatic rings. The first-order chi connectivity index (χ1) is 6.84. The largest absolute Gasteiger partial charge is 0.457 e. The molecular weight excluding hydrogens is 192 g/mol. The van der Waals surface area contributed by atoms with Gasteiger partial charge in [-0.1, -0.05) is 18.2 Å². The van der Waals surface area contributed by atoms with Crippen LogP contribution in [0.1, 0.15) is 0 Å². The van der Waals surface area contributed by atoms with Gasteiger partial charge in [0.15, 0.2) is 0 Å². The molecule has 2 aromatic rings. The standard InChI is InChI=1S/C12H9OS/c14-12-8-6-11(7-9-12)13-10-4-2-1-3-5-10/h1-4,6-9,14H. The van der Waals surface area contributed by atoms with Gasteiger partial charge >= 0.3 is 0 Å². The van der Waals surface area contributed by atoms with Crippen LogP contribution in [0, 0.1) is 6.07 Å². The second-order valence-corrected chi connectivity index (χ2v) is 3.34. The van der Waals surface area contributed by atoms with Crippen LogP contribution in [0.5, 0.6) is 11.5 Å². The lowest BCUT2D eigenvalue weighted by molar-refractivity contribution is 0.481. The van der Waals surface area contributed by atoms with Crippen molar-refractivity contribution < 1.29 is 4.74 Å². The van der Waals surface area contributed by atoms with Gasteiger partial charge in [0.1, 0.15) is 11.5 Å². The van der Waals surface area contributed by atoms with Gasteiger partial charge in [0.2, 0.25) is 0 Å². The van der Waals surface area contributed by atoms with Gasteiger partial charge in [0.25, 0.3) is 0 Å². The van der Waals surface area contributed by atoms with Crippen LogP contribution in [0.3, 0.4) is 0 Å². The lowest BCUT2D eigenvalue weighted by atomic mass is 10.3. The Morgan fingerprint density at radius 1 is 1.00 bits per heavy atom. The van der Waals surface area contributed by atoms with Crippen molar-refractivity contribution in [2.24, 2.45) is 0 Å². The molecule has 0 N–H and O–H groups in total. The van der Waals surface area contributed by atoms with E-state index in [1.807, 2.05) is 48.5 Å². The van der Waals surface area contributed by atoms with E-state index in [-0.39, 0.29) is 0 Å². The third kappa shape index (κ3) is 2.30. The van der Waals surface area contributed by atoms with Gasteiger partial charge in [-0.2, -0.15) is 0 Å². The average molecular weight is 201 g/mol. The lowest BCUT2D eigenvalue weighted by Crippen LogP contribution is -1.82. The quantitative estimate of drug-likeness (QED) is 0.731. The normalized spacial score (nSPS) is 9.79. The highest BCUT2D eigenvalue weighted by Gasteiger charge is 1.95. The molecule has 0 atom stereocenters. The fourth-order valence-corrected chi connectivity index (χ4v) is 1.23. The molecule has 2 heteroatoms. The highest BCUT2D eigenvalue weighted by atomic mass is 32.1. The summed E-state index contributed by atoms with van der Waals surface area (Å²) in [4.78, 5) is 0.925. The predicted molar refractivity (Wildman–Crippen MR) is 59.0 cm³/mol. The Labute approximate surface area is 88.8 Å². The average Bonchev–Trinajstić information content (AvgIpc) is 2.23. The van der Waals surface area contributed by atoms with E-state index in [1.54, 1.807) is 0 Å². The lowest BCUT2D eigenvalue weighted by Gasteiger charge is -2.04. The van der Waals surface area contributed by atoms with E-state index in [2.05, 4.69) is 18.7 Å². The molecule has 0 fully saturated rings. The summed E-state index contributed by atoms with van der Waals surface area (Å²) in [5.74, 6) is 1.52. The molecule has 0 amide bonds. The minimum Gasteiger partial charge on any atom is -0.457 e. The van der Waals surface area contributed by atoms with Gasteiger partial charge in [0, 0.05) is 11.0 Å². The van der Waals surface area contributed by atoms with Crippen molar-refractivity contribution in [2.45, 2.75) is 4.90 Å². The first-order valence-electron chi connectivity index (χ1n) is 4.28. The molecule has 0 aliphatic carbocycles. The van der Waals surface area contributed by atoms with Crippen molar-refractivity contribution in [1.82, 2.24) is 0 Å². The van der Waals surface area contributed by atoms with Crippen LogP contribution < -0.4 is 4.74 Å². The number of benzene rings is 2. The van der Waals surface area contributed by atoms with E-state index in [4.69, 9.17) is 4.74 Å². The van der Waals surface area contributed by atoms with Crippen molar-refractivity contribution >= 4 is 12.6 Å². The van der Waals surface area contributed by atoms with Gasteiger partial charge in [-0.15, -0.1) is 12.6 Å². The SMILES string of the molecule is Sc1ccc(Oc2[c]cccc2)cc1. The van der Waals surface area contributed by atoms with E-state index in [0.717, 1.165) is 16.4 Å². The first-order valence-corrected chi connectivity index (χ1v) is 4.73. The fraction of sp³-hybridized carbons (Fsp3) is 0. The Kier molecular flexibility index (Phi) is 2.75. The smallest absolute Gasteiger partial charge is 0.135 e. The van der Waals surface area contributed by atoms with Gasteiger partial charge in [-0.3, -0.25) is 0 Å². The third-order valence-corrected chi connectivity index (χ3v) is 2.04. The summed E-state index contributed by atoms with van der Waals surface area (Å²) in [7, 11) is 0. The van der Waals surface area contributed by atoms with E-state index in [1.165, 1.54) is 0 Å². The van der Waals surface area contributed by atoms with Gasteiger partial charge in [-0.25, -0.2) is 0 Å². The molecule has 0 spiro atoms. The van der Waals surface area contributed by atoms with Crippen molar-refractivity contribution in [1.29, 1.82) is 0 Å². The Hall–Kier alpha value is -1.41. The number of ether oxygens (including phenoxy) is 1. The third-order valence-electron chi connectivity index (χ3n) is 1.75. The topological polar surface area (TPSA) is 9.23 Å². The molecule has 0 saturated heterocycles. The summed E-state index contributed by atoms with van der Waals surface area (Å²) in [6.45, 7) is 0. The van der Waals surface area contributed by atoms with Crippen LogP contribution in [-0.4, -0.2) is 0 Å². The molecule has 2 rings (SSSR count). The van der Waals surface area contributed by atoms with Crippen LogP contribution >= 0.6 is 12.6 Å². The summed E-state index contributed by atoms with van der Waals surface area (Å²) < 4.78 is 5.54. The predicted octanol–water partition coefficient (Wildman–Crippen LogP) is 3.57. The summed E-state index contributed by atoms with van der Waals surface area (Å²) in [6, 6.07) is 18.0. The second kappa shape index (κ2) is 4.20. The molecular formula is C12H9OS. The molecule has 0 unspecified atom stereocenters. The van der Waals surface area contributed by atoms with Crippen molar-refractivity contribution in [2.75, 3.05) is 0 Å². The maximum absolute atomic E-state index is 5.54. The van der Waals surface area contributed by atoms with Crippen LogP contribution in [0.25, 0.3) is 0 Å². The number of para-hydroxylation sites is 1. The molecule has 2 aromatic carbocycles. The summed E-state index contributed by atoms with van der Waals surface area (Å²) in [6.07, 6.45) is 0. The van der Waals surface area contributed by atoms with Crippen LogP contribution in [-0.2, 0) is 0 Å². The number of rotatable bonds is 2. The Morgan fingerprint density at radius 3 is 2.43 bits per heavy atom. The summed E-state index contributed by atoms with van der Waals surface area (Å²) in [5.41, 5.74) is 0. The van der Waals surface area contributed by atoms with E-state index < -0.39 is 0 Å². The summed E-state index contributed by atoms with van der Waals surface area (Å²) in [5, 5.41) is 0. The number of hydrogen-bond donors (Lipinski definition) is 1. The molecule has 0 saturated carbocycles. The monoisotopic (exact) mass is 201 g/mol. The minimum atomic E-state index is 0.722. The minimum absolute atomic E-state index is 0.722. The molecule has 14 heavy (non-hydrogen) atoms. The zero-order chi connectivity index (χ0) is 9.80. The molecule has 0 bridgehead atoms. The van der Waals surface area contributed by atoms with Gasteiger partial charge < -0.3 is 4.74 Å². The van der Waals surface area contributed by atoms with E-state index in [9.17, 15) is 0 Å². The maximum Gasteiger partial charge on any atom is 0.135 e. The maximum atomic E-state index is 5.54. The molecule has 1 radical (unpaired) electrons. The van der Waals surface area contributed by atoms with Crippen LogP contribution in [0.2, 0.25) is 0 Å². The number of hydrogen-bond acceptors (Lipinski definition) is 2. The second-order valence-electron chi connectivity index (χ2n) is 2.82. The Balaban J connectivity index is 2.16. The highest BCUT2D eigenvalue weighted by Crippen LogP contribution is 2.21. The molecule has 69 valence electrons. The zero-order valence-electron chi connectivity index (χ0n) is 7.47. The number of thiol groups is 1. The highest BCUT2D eigenvalue weighted by molar-refractivity contribution is 7.80. The Morgan fingerprint density at radius 2 is 1.79 bits per heavy atom. The van der Waals surface area contributed by atoms with E-state index >= 15 is 0 Å². The molecule has 1 nitrogen and oxygen atoms in total. The fourth-order valence-electron chi connectivity index (χ4n) is 1.08. The first kappa shape index (κ1) is 9.16. The molecule has 0 heterocycles.